The summed E-state index contributed by atoms with van der Waals surface area (Å²) in [6.45, 7) is 0.272. The molecule has 5 aromatic carbocycles. The Hall–Kier alpha value is -6.37. The molecule has 0 heterocycles. The van der Waals surface area contributed by atoms with Gasteiger partial charge in [-0.05, 0) is 81.3 Å². The second kappa shape index (κ2) is 18.1. The minimum atomic E-state index is -2.36. The van der Waals surface area contributed by atoms with Crippen LogP contribution in [0.4, 0.5) is 22.0 Å². The van der Waals surface area contributed by atoms with Gasteiger partial charge in [0, 0.05) is 25.7 Å². The van der Waals surface area contributed by atoms with Gasteiger partial charge in [-0.25, -0.2) is 13.2 Å². The molecule has 0 unspecified atom stereocenters. The molecule has 13 heteroatoms. The van der Waals surface area contributed by atoms with Crippen LogP contribution in [0, 0.1) is 29.1 Å². The third kappa shape index (κ3) is 9.37. The molecule has 0 amide bonds. The zero-order valence-electron chi connectivity index (χ0n) is 30.3. The Morgan fingerprint density at radius 3 is 1.37 bits per heavy atom. The normalized spacial score (nSPS) is 11.7. The number of aliphatic carboxylic acids is 1. The number of hydrogen-bond acceptors (Lipinski definition) is 7. The van der Waals surface area contributed by atoms with Crippen LogP contribution in [-0.4, -0.2) is 29.0 Å². The number of fused-ring (bicyclic) bond motifs is 6. The first-order valence-electron chi connectivity index (χ1n) is 18.1. The van der Waals surface area contributed by atoms with Gasteiger partial charge in [-0.3, -0.25) is 19.2 Å². The highest BCUT2D eigenvalue weighted by atomic mass is 19.2. The second-order valence-corrected chi connectivity index (χ2v) is 13.3. The van der Waals surface area contributed by atoms with Crippen LogP contribution in [0.1, 0.15) is 71.9 Å². The van der Waals surface area contributed by atoms with Crippen LogP contribution in [0.2, 0.25) is 0 Å². The molecule has 0 aromatic heterocycles. The van der Waals surface area contributed by atoms with Crippen molar-refractivity contribution >= 4 is 23.9 Å². The Labute approximate surface area is 323 Å². The molecule has 1 N–H and O–H groups in total. The van der Waals surface area contributed by atoms with Crippen LogP contribution in [0.15, 0.2) is 84.9 Å². The van der Waals surface area contributed by atoms with Gasteiger partial charge in [-0.1, -0.05) is 84.9 Å². The van der Waals surface area contributed by atoms with E-state index in [-0.39, 0.29) is 44.9 Å². The van der Waals surface area contributed by atoms with Gasteiger partial charge in [0.2, 0.25) is 34.8 Å². The third-order valence-corrected chi connectivity index (χ3v) is 9.59. The smallest absolute Gasteiger partial charge is 0.311 e. The zero-order chi connectivity index (χ0) is 40.6. The molecule has 0 aliphatic heterocycles. The van der Waals surface area contributed by atoms with Gasteiger partial charge < -0.3 is 19.3 Å². The van der Waals surface area contributed by atoms with Gasteiger partial charge in [-0.2, -0.15) is 8.78 Å². The lowest BCUT2D eigenvalue weighted by Crippen LogP contribution is -2.14. The number of benzene rings is 5. The van der Waals surface area contributed by atoms with Crippen LogP contribution in [0.3, 0.4) is 0 Å². The minimum Gasteiger partial charge on any atom is -0.481 e. The first-order chi connectivity index (χ1) is 27.4. The summed E-state index contributed by atoms with van der Waals surface area (Å²) in [4.78, 5) is 46.0. The Bertz CT molecular complexity index is 2330. The second-order valence-electron chi connectivity index (χ2n) is 13.3. The summed E-state index contributed by atoms with van der Waals surface area (Å²) in [5.74, 6) is -16.1. The molecule has 2 aliphatic rings. The van der Waals surface area contributed by atoms with Crippen molar-refractivity contribution in [1.29, 1.82) is 0 Å². The van der Waals surface area contributed by atoms with Crippen LogP contribution < -0.4 is 4.74 Å². The van der Waals surface area contributed by atoms with E-state index in [9.17, 15) is 41.1 Å². The van der Waals surface area contributed by atoms with E-state index in [1.54, 1.807) is 0 Å². The number of rotatable bonds is 13. The van der Waals surface area contributed by atoms with Crippen LogP contribution in [-0.2, 0) is 54.7 Å². The fraction of sp³-hybridized carbons (Fsp3) is 0.227. The number of carboxylic acid groups (broad SMARTS) is 1. The lowest BCUT2D eigenvalue weighted by atomic mass is 10.0. The Kier molecular flexibility index (Phi) is 12.8. The standard InChI is InChI=1S/C25H17F5O4.C19H18O4/c26-20-21(27)23(29)25(24(30)22(20)28)34-19(32)10-4-9-18(31)33-12-14-6-3-8-16-15-7-2-1-5-13(15)11-17(14)16;20-18(21)9-4-10-19(22)23-12-14-6-3-8-16-15-7-2-1-5-13(15)11-17(14)16/h1-3,5-8H,4,9-12H2;1-3,5-8H,4,9-12H2,(H,20,21). The molecule has 7 rings (SSSR count). The van der Waals surface area contributed by atoms with Gasteiger partial charge >= 0.3 is 23.9 Å². The Morgan fingerprint density at radius 1 is 0.491 bits per heavy atom. The van der Waals surface area contributed by atoms with E-state index in [1.165, 1.54) is 27.8 Å². The fourth-order valence-electron chi connectivity index (χ4n) is 6.78. The van der Waals surface area contributed by atoms with Crippen molar-refractivity contribution in [2.24, 2.45) is 0 Å². The molecule has 0 spiro atoms. The molecule has 2 aliphatic carbocycles. The lowest BCUT2D eigenvalue weighted by molar-refractivity contribution is -0.146. The number of halogens is 5. The molecule has 0 radical (unpaired) electrons. The number of carbonyl (C=O) groups excluding carboxylic acids is 3. The summed E-state index contributed by atoms with van der Waals surface area (Å²) in [7, 11) is 0. The molecular formula is C44H35F5O8. The summed E-state index contributed by atoms with van der Waals surface area (Å²) >= 11 is 0. The molecule has 0 saturated heterocycles. The van der Waals surface area contributed by atoms with E-state index in [0.717, 1.165) is 40.7 Å². The molecule has 0 atom stereocenters. The van der Waals surface area contributed by atoms with Crippen molar-refractivity contribution in [3.63, 3.8) is 0 Å². The molecular weight excluding hydrogens is 751 g/mol. The summed E-state index contributed by atoms with van der Waals surface area (Å²) in [5, 5.41) is 8.57. The summed E-state index contributed by atoms with van der Waals surface area (Å²) in [5.41, 5.74) is 11.3. The predicted octanol–water partition coefficient (Wildman–Crippen LogP) is 9.33. The number of carbonyl (C=O) groups is 4. The quantitative estimate of drug-likeness (QED) is 0.0405. The minimum absolute atomic E-state index is 0.00879. The fourth-order valence-corrected chi connectivity index (χ4v) is 6.78. The summed E-state index contributed by atoms with van der Waals surface area (Å²) in [6, 6.07) is 28.1. The van der Waals surface area contributed by atoms with Crippen molar-refractivity contribution in [2.45, 2.75) is 64.6 Å². The topological polar surface area (TPSA) is 116 Å². The maximum atomic E-state index is 13.6. The average Bonchev–Trinajstić information content (AvgIpc) is 3.79. The molecule has 57 heavy (non-hydrogen) atoms. The van der Waals surface area contributed by atoms with E-state index in [1.807, 2.05) is 66.7 Å². The lowest BCUT2D eigenvalue weighted by Gasteiger charge is -2.10. The highest BCUT2D eigenvalue weighted by Gasteiger charge is 2.29. The average molecular weight is 787 g/mol. The van der Waals surface area contributed by atoms with Crippen molar-refractivity contribution in [3.05, 3.63) is 147 Å². The molecule has 0 fully saturated rings. The third-order valence-electron chi connectivity index (χ3n) is 9.59. The molecule has 5 aromatic rings. The van der Waals surface area contributed by atoms with Crippen molar-refractivity contribution in [2.75, 3.05) is 0 Å². The SMILES string of the molecule is O=C(CCCC(=O)Oc1c(F)c(F)c(F)c(F)c1F)OCc1cccc2c1Cc1ccccc1-2.O=C(O)CCCC(=O)OCc1cccc2c1Cc1ccccc1-2. The first-order valence-corrected chi connectivity index (χ1v) is 18.1. The highest BCUT2D eigenvalue weighted by molar-refractivity contribution is 5.79. The van der Waals surface area contributed by atoms with Gasteiger partial charge in [-0.15, -0.1) is 0 Å². The molecule has 294 valence electrons. The van der Waals surface area contributed by atoms with E-state index >= 15 is 0 Å². The summed E-state index contributed by atoms with van der Waals surface area (Å²) in [6.07, 6.45) is 1.22. The maximum absolute atomic E-state index is 13.6. The van der Waals surface area contributed by atoms with E-state index in [4.69, 9.17) is 14.6 Å². The van der Waals surface area contributed by atoms with E-state index < -0.39 is 59.2 Å². The van der Waals surface area contributed by atoms with Crippen LogP contribution in [0.25, 0.3) is 22.3 Å². The van der Waals surface area contributed by atoms with Gasteiger partial charge in [0.15, 0.2) is 0 Å². The van der Waals surface area contributed by atoms with Crippen LogP contribution >= 0.6 is 0 Å². The maximum Gasteiger partial charge on any atom is 0.311 e. The van der Waals surface area contributed by atoms with Gasteiger partial charge in [0.05, 0.1) is 0 Å². The van der Waals surface area contributed by atoms with Crippen LogP contribution in [0.5, 0.6) is 5.75 Å². The highest BCUT2D eigenvalue weighted by Crippen LogP contribution is 2.39. The molecule has 0 bridgehead atoms. The monoisotopic (exact) mass is 786 g/mol. The first kappa shape index (κ1) is 40.3. The number of carboxylic acids is 1. The largest absolute Gasteiger partial charge is 0.481 e. The zero-order valence-corrected chi connectivity index (χ0v) is 30.3. The van der Waals surface area contributed by atoms with Crippen molar-refractivity contribution in [1.82, 2.24) is 0 Å². The van der Waals surface area contributed by atoms with E-state index in [0.29, 0.717) is 6.42 Å². The Balaban J connectivity index is 0.000000208. The predicted molar refractivity (Wildman–Crippen MR) is 196 cm³/mol. The molecule has 8 nitrogen and oxygen atoms in total. The van der Waals surface area contributed by atoms with Gasteiger partial charge in [0.25, 0.3) is 0 Å². The number of hydrogen-bond donors (Lipinski definition) is 1. The van der Waals surface area contributed by atoms with E-state index in [2.05, 4.69) is 22.9 Å². The van der Waals surface area contributed by atoms with Crippen molar-refractivity contribution < 1.29 is 60.4 Å². The van der Waals surface area contributed by atoms with Crippen molar-refractivity contribution in [3.8, 4) is 28.0 Å². The van der Waals surface area contributed by atoms with Gasteiger partial charge in [0.1, 0.15) is 13.2 Å². The molecule has 0 saturated carbocycles. The number of ether oxygens (including phenoxy) is 3. The number of esters is 3. The summed E-state index contributed by atoms with van der Waals surface area (Å²) < 4.78 is 81.5. The Morgan fingerprint density at radius 2 is 0.895 bits per heavy atom.